The Bertz CT molecular complexity index is 386. The summed E-state index contributed by atoms with van der Waals surface area (Å²) in [7, 11) is 0. The first-order chi connectivity index (χ1) is 8.41. The molecule has 18 heavy (non-hydrogen) atoms. The molecule has 0 aromatic rings. The van der Waals surface area contributed by atoms with E-state index in [0.717, 1.165) is 0 Å². The van der Waals surface area contributed by atoms with Gasteiger partial charge < -0.3 is 19.9 Å². The molecular formula is C12H17NO5. The average molecular weight is 255 g/mol. The molecule has 100 valence electrons. The van der Waals surface area contributed by atoms with Crippen LogP contribution in [0.2, 0.25) is 0 Å². The van der Waals surface area contributed by atoms with Crippen LogP contribution in [0.4, 0.5) is 4.79 Å². The number of rotatable bonds is 5. The third kappa shape index (κ3) is 2.08. The summed E-state index contributed by atoms with van der Waals surface area (Å²) in [5.41, 5.74) is -0.844. The van der Waals surface area contributed by atoms with Gasteiger partial charge in [-0.1, -0.05) is 12.7 Å². The van der Waals surface area contributed by atoms with Crippen molar-refractivity contribution in [2.24, 2.45) is 5.41 Å². The molecule has 2 N–H and O–H groups in total. The number of carbonyl (C=O) groups is 2. The van der Waals surface area contributed by atoms with E-state index in [-0.39, 0.29) is 18.8 Å². The first-order valence-electron chi connectivity index (χ1n) is 5.83. The van der Waals surface area contributed by atoms with Gasteiger partial charge in [0.05, 0.1) is 5.60 Å². The smallest absolute Gasteiger partial charge is 0.407 e. The fourth-order valence-corrected chi connectivity index (χ4v) is 3.08. The number of nitrogens with one attached hydrogen (secondary N) is 1. The summed E-state index contributed by atoms with van der Waals surface area (Å²) in [5, 5.41) is 11.7. The third-order valence-electron chi connectivity index (χ3n) is 3.55. The minimum atomic E-state index is -0.975. The van der Waals surface area contributed by atoms with Crippen molar-refractivity contribution in [1.82, 2.24) is 5.32 Å². The maximum Gasteiger partial charge on any atom is 0.407 e. The molecule has 3 aliphatic rings. The Labute approximate surface area is 105 Å². The molecule has 1 saturated carbocycles. The molecular weight excluding hydrogens is 238 g/mol. The highest BCUT2D eigenvalue weighted by Gasteiger charge is 2.67. The van der Waals surface area contributed by atoms with Crippen LogP contribution < -0.4 is 5.32 Å². The van der Waals surface area contributed by atoms with E-state index in [4.69, 9.17) is 14.6 Å². The quantitative estimate of drug-likeness (QED) is 0.713. The van der Waals surface area contributed by atoms with E-state index in [9.17, 15) is 9.59 Å². The van der Waals surface area contributed by atoms with Crippen LogP contribution in [0.3, 0.4) is 0 Å². The molecule has 6 heteroatoms. The molecule has 2 aliphatic heterocycles. The zero-order chi connectivity index (χ0) is 13.4. The average Bonchev–Trinajstić information content (AvgIpc) is 2.72. The number of ether oxygens (including phenoxy) is 2. The van der Waals surface area contributed by atoms with Crippen LogP contribution in [0.1, 0.15) is 19.8 Å². The standard InChI is InChI=1S/C12H17NO5/c1-3-4-17-10(16)13-7-12-5-11(2,6-12)18-8(12)9(14)15/h3,8H,1,4-7H2,2H3,(H,13,16)(H,14,15). The summed E-state index contributed by atoms with van der Waals surface area (Å²) in [4.78, 5) is 22.4. The van der Waals surface area contributed by atoms with Crippen molar-refractivity contribution >= 4 is 12.1 Å². The fraction of sp³-hybridized carbons (Fsp3) is 0.667. The van der Waals surface area contributed by atoms with Crippen molar-refractivity contribution in [3.8, 4) is 0 Å². The summed E-state index contributed by atoms with van der Waals surface area (Å²) in [6.45, 7) is 5.72. The maximum atomic E-state index is 11.3. The van der Waals surface area contributed by atoms with E-state index in [1.807, 2.05) is 6.92 Å². The molecule has 0 aromatic carbocycles. The van der Waals surface area contributed by atoms with Gasteiger partial charge >= 0.3 is 12.1 Å². The van der Waals surface area contributed by atoms with Crippen LogP contribution in [0.25, 0.3) is 0 Å². The molecule has 2 heterocycles. The normalized spacial score (nSPS) is 36.6. The Morgan fingerprint density at radius 3 is 2.83 bits per heavy atom. The minimum absolute atomic E-state index is 0.134. The Hall–Kier alpha value is -1.56. The second-order valence-corrected chi connectivity index (χ2v) is 5.24. The number of amides is 1. The zero-order valence-corrected chi connectivity index (χ0v) is 10.3. The van der Waals surface area contributed by atoms with Crippen molar-refractivity contribution in [2.45, 2.75) is 31.5 Å². The second kappa shape index (κ2) is 4.28. The van der Waals surface area contributed by atoms with Crippen molar-refractivity contribution < 1.29 is 24.2 Å². The molecule has 0 spiro atoms. The van der Waals surface area contributed by atoms with Gasteiger partial charge in [0, 0.05) is 12.0 Å². The molecule has 2 bridgehead atoms. The van der Waals surface area contributed by atoms with Crippen molar-refractivity contribution in [3.63, 3.8) is 0 Å². The van der Waals surface area contributed by atoms with Crippen molar-refractivity contribution in [3.05, 3.63) is 12.7 Å². The van der Waals surface area contributed by atoms with Gasteiger partial charge in [0.1, 0.15) is 6.61 Å². The highest BCUT2D eigenvalue weighted by Crippen LogP contribution is 2.61. The fourth-order valence-electron chi connectivity index (χ4n) is 3.08. The molecule has 3 rings (SSSR count). The van der Waals surface area contributed by atoms with E-state index in [1.54, 1.807) is 0 Å². The van der Waals surface area contributed by atoms with Crippen LogP contribution in [-0.4, -0.2) is 42.0 Å². The number of hydrogen-bond acceptors (Lipinski definition) is 4. The Morgan fingerprint density at radius 2 is 2.28 bits per heavy atom. The number of fused-ring (bicyclic) bond motifs is 1. The molecule has 0 radical (unpaired) electrons. The van der Waals surface area contributed by atoms with E-state index >= 15 is 0 Å². The maximum absolute atomic E-state index is 11.3. The lowest BCUT2D eigenvalue weighted by Gasteiger charge is -2.42. The van der Waals surface area contributed by atoms with Gasteiger partial charge in [-0.05, 0) is 19.8 Å². The molecule has 1 unspecified atom stereocenters. The summed E-state index contributed by atoms with van der Waals surface area (Å²) in [6.07, 6.45) is 1.37. The largest absolute Gasteiger partial charge is 0.479 e. The number of carboxylic acids is 1. The number of carboxylic acid groups (broad SMARTS) is 1. The molecule has 0 aromatic heterocycles. The first-order valence-corrected chi connectivity index (χ1v) is 5.83. The van der Waals surface area contributed by atoms with Crippen LogP contribution in [0, 0.1) is 5.41 Å². The van der Waals surface area contributed by atoms with Gasteiger partial charge in [0.2, 0.25) is 0 Å². The predicted octanol–water partition coefficient (Wildman–Crippen LogP) is 0.921. The minimum Gasteiger partial charge on any atom is -0.479 e. The Kier molecular flexibility index (Phi) is 3.06. The molecule has 1 aliphatic carbocycles. The van der Waals surface area contributed by atoms with Gasteiger partial charge in [0.25, 0.3) is 0 Å². The van der Waals surface area contributed by atoms with E-state index < -0.39 is 23.6 Å². The lowest BCUT2D eigenvalue weighted by atomic mass is 9.60. The highest BCUT2D eigenvalue weighted by molar-refractivity contribution is 5.75. The monoisotopic (exact) mass is 255 g/mol. The topological polar surface area (TPSA) is 84.9 Å². The molecule has 3 fully saturated rings. The number of alkyl carbamates (subject to hydrolysis) is 1. The summed E-state index contributed by atoms with van der Waals surface area (Å²) in [6, 6.07) is 0. The Balaban J connectivity index is 1.90. The molecule has 1 atom stereocenters. The zero-order valence-electron chi connectivity index (χ0n) is 10.3. The molecule has 1 amide bonds. The summed E-state index contributed by atoms with van der Waals surface area (Å²) in [5.74, 6) is -0.975. The van der Waals surface area contributed by atoms with Gasteiger partial charge in [-0.25, -0.2) is 9.59 Å². The van der Waals surface area contributed by atoms with Gasteiger partial charge in [-0.2, -0.15) is 0 Å². The predicted molar refractivity (Wildman–Crippen MR) is 62.1 cm³/mol. The molecule has 2 saturated heterocycles. The van der Waals surface area contributed by atoms with Crippen LogP contribution >= 0.6 is 0 Å². The summed E-state index contributed by atoms with van der Waals surface area (Å²) >= 11 is 0. The van der Waals surface area contributed by atoms with E-state index in [2.05, 4.69) is 11.9 Å². The van der Waals surface area contributed by atoms with E-state index in [0.29, 0.717) is 12.8 Å². The van der Waals surface area contributed by atoms with Crippen molar-refractivity contribution in [1.29, 1.82) is 0 Å². The molecule has 6 nitrogen and oxygen atoms in total. The van der Waals surface area contributed by atoms with Gasteiger partial charge in [-0.3, -0.25) is 0 Å². The van der Waals surface area contributed by atoms with Crippen LogP contribution in [0.5, 0.6) is 0 Å². The SMILES string of the molecule is C=CCOC(=O)NCC12CC(C)(C1)OC2C(=O)O. The van der Waals surface area contributed by atoms with Crippen LogP contribution in [0.15, 0.2) is 12.7 Å². The third-order valence-corrected chi connectivity index (χ3v) is 3.55. The second-order valence-electron chi connectivity index (χ2n) is 5.24. The number of hydrogen-bond donors (Lipinski definition) is 2. The summed E-state index contributed by atoms with van der Waals surface area (Å²) < 4.78 is 10.3. The lowest BCUT2D eigenvalue weighted by Crippen LogP contribution is -2.51. The van der Waals surface area contributed by atoms with Crippen molar-refractivity contribution in [2.75, 3.05) is 13.2 Å². The first kappa shape index (κ1) is 12.9. The van der Waals surface area contributed by atoms with Gasteiger partial charge in [0.15, 0.2) is 6.10 Å². The highest BCUT2D eigenvalue weighted by atomic mass is 16.6. The lowest BCUT2D eigenvalue weighted by molar-refractivity contribution is -0.150. The number of carbonyl (C=O) groups excluding carboxylic acids is 1. The van der Waals surface area contributed by atoms with E-state index in [1.165, 1.54) is 6.08 Å². The van der Waals surface area contributed by atoms with Crippen LogP contribution in [-0.2, 0) is 14.3 Å². The Morgan fingerprint density at radius 1 is 1.61 bits per heavy atom. The number of aliphatic carboxylic acids is 1. The van der Waals surface area contributed by atoms with Gasteiger partial charge in [-0.15, -0.1) is 0 Å².